The zero-order valence-corrected chi connectivity index (χ0v) is 14.0. The number of hydrogen-bond donors (Lipinski definition) is 2. The monoisotopic (exact) mass is 349 g/mol. The number of rotatable bonds is 6. The molecule has 1 saturated heterocycles. The molecule has 1 aromatic rings. The molecule has 0 aliphatic carbocycles. The van der Waals surface area contributed by atoms with E-state index < -0.39 is 20.2 Å². The quantitative estimate of drug-likeness (QED) is 0.778. The second-order valence-corrected chi connectivity index (χ2v) is 8.24. The zero-order chi connectivity index (χ0) is 16.4. The van der Waals surface area contributed by atoms with E-state index in [1.54, 1.807) is 6.92 Å². The van der Waals surface area contributed by atoms with Gasteiger partial charge in [-0.25, -0.2) is 8.42 Å². The Labute approximate surface area is 130 Å². The van der Waals surface area contributed by atoms with Crippen molar-refractivity contribution in [1.29, 1.82) is 0 Å². The van der Waals surface area contributed by atoms with Crippen LogP contribution in [0.5, 0.6) is 5.75 Å². The highest BCUT2D eigenvalue weighted by Crippen LogP contribution is 2.35. The van der Waals surface area contributed by atoms with Gasteiger partial charge in [-0.05, 0) is 18.6 Å². The lowest BCUT2D eigenvalue weighted by Crippen LogP contribution is -2.30. The Bertz CT molecular complexity index is 746. The van der Waals surface area contributed by atoms with Gasteiger partial charge in [-0.2, -0.15) is 13.1 Å². The lowest BCUT2D eigenvalue weighted by molar-refractivity contribution is 0.416. The molecule has 1 heterocycles. The van der Waals surface area contributed by atoms with Crippen LogP contribution in [0.3, 0.4) is 0 Å². The van der Waals surface area contributed by atoms with E-state index in [1.165, 1.54) is 29.6 Å². The molecule has 0 radical (unpaired) electrons. The fourth-order valence-electron chi connectivity index (χ4n) is 2.24. The largest absolute Gasteiger partial charge is 0.494 e. The molecule has 0 spiro atoms. The molecule has 0 saturated carbocycles. The van der Waals surface area contributed by atoms with Crippen molar-refractivity contribution in [2.24, 2.45) is 0 Å². The number of ether oxygens (including phenoxy) is 1. The number of nitrogens with one attached hydrogen (secondary N) is 2. The van der Waals surface area contributed by atoms with E-state index in [0.29, 0.717) is 24.4 Å². The lowest BCUT2D eigenvalue weighted by atomic mass is 10.2. The van der Waals surface area contributed by atoms with Gasteiger partial charge in [0.25, 0.3) is 10.2 Å². The number of sulfonamides is 1. The Hall–Kier alpha value is -1.52. The molecule has 8 nitrogen and oxygen atoms in total. The second kappa shape index (κ2) is 6.31. The fraction of sp³-hybridized carbons (Fsp3) is 0.500. The smallest absolute Gasteiger partial charge is 0.299 e. The molecule has 0 bridgehead atoms. The molecule has 0 atom stereocenters. The maximum Gasteiger partial charge on any atom is 0.299 e. The molecule has 0 aromatic heterocycles. The van der Waals surface area contributed by atoms with E-state index in [1.807, 2.05) is 0 Å². The first-order valence-electron chi connectivity index (χ1n) is 6.75. The van der Waals surface area contributed by atoms with Crippen LogP contribution in [-0.4, -0.2) is 42.8 Å². The number of nitrogens with zero attached hydrogens (tertiary/aromatic N) is 1. The maximum atomic E-state index is 12.0. The average molecular weight is 349 g/mol. The van der Waals surface area contributed by atoms with Gasteiger partial charge in [-0.1, -0.05) is 6.92 Å². The minimum absolute atomic E-state index is 0.102. The van der Waals surface area contributed by atoms with Crippen LogP contribution in [0, 0.1) is 0 Å². The molecule has 124 valence electrons. The van der Waals surface area contributed by atoms with Crippen molar-refractivity contribution >= 4 is 31.6 Å². The Balaban J connectivity index is 2.33. The summed E-state index contributed by atoms with van der Waals surface area (Å²) in [7, 11) is -5.57. The molecular formula is C12H19N3O5S2. The van der Waals surface area contributed by atoms with Crippen LogP contribution in [0.2, 0.25) is 0 Å². The molecular weight excluding hydrogens is 330 g/mol. The summed E-state index contributed by atoms with van der Waals surface area (Å²) in [6, 6.07) is 4.49. The van der Waals surface area contributed by atoms with Gasteiger partial charge < -0.3 is 4.74 Å². The summed E-state index contributed by atoms with van der Waals surface area (Å²) in [6.07, 6.45) is 0.556. The van der Waals surface area contributed by atoms with Crippen molar-refractivity contribution in [2.45, 2.75) is 13.3 Å². The van der Waals surface area contributed by atoms with E-state index in [0.717, 1.165) is 0 Å². The van der Waals surface area contributed by atoms with Gasteiger partial charge in [0, 0.05) is 19.2 Å². The Morgan fingerprint density at radius 1 is 1.36 bits per heavy atom. The molecule has 0 unspecified atom stereocenters. The average Bonchev–Trinajstić information content (AvgIpc) is 2.77. The van der Waals surface area contributed by atoms with Crippen molar-refractivity contribution < 1.29 is 21.6 Å². The number of methoxy groups -OCH3 is 1. The second-order valence-electron chi connectivity index (χ2n) is 4.73. The van der Waals surface area contributed by atoms with Crippen molar-refractivity contribution in [3.63, 3.8) is 0 Å². The molecule has 1 aromatic carbocycles. The third-order valence-electron chi connectivity index (χ3n) is 3.13. The molecule has 1 aliphatic heterocycles. The van der Waals surface area contributed by atoms with Crippen LogP contribution in [0.1, 0.15) is 13.3 Å². The molecule has 2 N–H and O–H groups in total. The summed E-state index contributed by atoms with van der Waals surface area (Å²) in [5.41, 5.74) is 0.699. The SMILES string of the molecule is CCNS(=O)(=O)Nc1ccc(N2CCCS2(=O)=O)c(OC)c1. The Morgan fingerprint density at radius 2 is 2.09 bits per heavy atom. The van der Waals surface area contributed by atoms with Crippen LogP contribution in [0.25, 0.3) is 0 Å². The van der Waals surface area contributed by atoms with E-state index >= 15 is 0 Å². The van der Waals surface area contributed by atoms with E-state index in [-0.39, 0.29) is 18.0 Å². The Morgan fingerprint density at radius 3 is 2.64 bits per heavy atom. The van der Waals surface area contributed by atoms with E-state index in [9.17, 15) is 16.8 Å². The molecule has 22 heavy (non-hydrogen) atoms. The minimum atomic E-state index is -3.65. The van der Waals surface area contributed by atoms with Crippen LogP contribution in [0.4, 0.5) is 11.4 Å². The van der Waals surface area contributed by atoms with E-state index in [4.69, 9.17) is 4.74 Å². The third-order valence-corrected chi connectivity index (χ3v) is 6.16. The molecule has 1 aliphatic rings. The van der Waals surface area contributed by atoms with Gasteiger partial charge >= 0.3 is 0 Å². The van der Waals surface area contributed by atoms with Crippen molar-refractivity contribution in [3.05, 3.63) is 18.2 Å². The highest BCUT2D eigenvalue weighted by molar-refractivity contribution is 7.93. The van der Waals surface area contributed by atoms with Gasteiger partial charge in [0.1, 0.15) is 5.75 Å². The topological polar surface area (TPSA) is 105 Å². The Kier molecular flexibility index (Phi) is 4.83. The predicted octanol–water partition coefficient (Wildman–Crippen LogP) is 0.501. The first-order chi connectivity index (χ1) is 10.3. The van der Waals surface area contributed by atoms with Crippen LogP contribution >= 0.6 is 0 Å². The third kappa shape index (κ3) is 3.62. The molecule has 2 rings (SSSR count). The van der Waals surface area contributed by atoms with Crippen molar-refractivity contribution in [1.82, 2.24) is 4.72 Å². The standard InChI is InChI=1S/C12H19N3O5S2/c1-3-13-22(18,19)14-10-5-6-11(12(9-10)20-2)15-7-4-8-21(15,16)17/h5-6,9,13-14H,3-4,7-8H2,1-2H3. The maximum absolute atomic E-state index is 12.0. The van der Waals surface area contributed by atoms with Crippen LogP contribution in [-0.2, 0) is 20.2 Å². The summed E-state index contributed by atoms with van der Waals surface area (Å²) in [6.45, 7) is 2.32. The molecule has 0 amide bonds. The fourth-order valence-corrected chi connectivity index (χ4v) is 4.70. The van der Waals surface area contributed by atoms with E-state index in [2.05, 4.69) is 9.44 Å². The molecule has 1 fully saturated rings. The summed E-state index contributed by atoms with van der Waals surface area (Å²) in [5, 5.41) is 0. The van der Waals surface area contributed by atoms with Gasteiger partial charge in [-0.3, -0.25) is 9.03 Å². The normalized spacial score (nSPS) is 17.5. The molecule has 10 heteroatoms. The zero-order valence-electron chi connectivity index (χ0n) is 12.4. The summed E-state index contributed by atoms with van der Waals surface area (Å²) >= 11 is 0. The first-order valence-corrected chi connectivity index (χ1v) is 9.84. The number of hydrogen-bond acceptors (Lipinski definition) is 5. The predicted molar refractivity (Wildman–Crippen MR) is 85.0 cm³/mol. The van der Waals surface area contributed by atoms with Gasteiger partial charge in [0.05, 0.1) is 24.2 Å². The number of benzene rings is 1. The first kappa shape index (κ1) is 16.8. The van der Waals surface area contributed by atoms with Crippen LogP contribution in [0.15, 0.2) is 18.2 Å². The van der Waals surface area contributed by atoms with Gasteiger partial charge in [0.2, 0.25) is 10.0 Å². The minimum Gasteiger partial charge on any atom is -0.494 e. The summed E-state index contributed by atoms with van der Waals surface area (Å²) in [4.78, 5) is 0. The van der Waals surface area contributed by atoms with Gasteiger partial charge in [-0.15, -0.1) is 0 Å². The highest BCUT2D eigenvalue weighted by atomic mass is 32.2. The van der Waals surface area contributed by atoms with Gasteiger partial charge in [0.15, 0.2) is 0 Å². The summed E-state index contributed by atoms with van der Waals surface area (Å²) in [5.74, 6) is 0.396. The summed E-state index contributed by atoms with van der Waals surface area (Å²) < 4.78 is 58.4. The van der Waals surface area contributed by atoms with Crippen LogP contribution < -0.4 is 18.5 Å². The highest BCUT2D eigenvalue weighted by Gasteiger charge is 2.30. The van der Waals surface area contributed by atoms with Crippen molar-refractivity contribution in [3.8, 4) is 5.75 Å². The lowest BCUT2D eigenvalue weighted by Gasteiger charge is -2.20. The van der Waals surface area contributed by atoms with Crippen molar-refractivity contribution in [2.75, 3.05) is 35.0 Å². The number of anilines is 2.